The van der Waals surface area contributed by atoms with E-state index < -0.39 is 0 Å². The topological polar surface area (TPSA) is 24.9 Å². The molecule has 36 heavy (non-hydrogen) atoms. The maximum absolute atomic E-state index is 6.03. The van der Waals surface area contributed by atoms with Crippen molar-refractivity contribution in [1.29, 1.82) is 0 Å². The van der Waals surface area contributed by atoms with Crippen LogP contribution in [0.25, 0.3) is 11.1 Å². The van der Waals surface area contributed by atoms with Crippen LogP contribution in [-0.4, -0.2) is 56.2 Å². The quantitative estimate of drug-likeness (QED) is 0.278. The van der Waals surface area contributed by atoms with Gasteiger partial charge in [-0.2, -0.15) is 0 Å². The Labute approximate surface area is 224 Å². The van der Waals surface area contributed by atoms with Crippen molar-refractivity contribution in [1.82, 2.24) is 9.80 Å². The van der Waals surface area contributed by atoms with Gasteiger partial charge in [0, 0.05) is 17.6 Å². The number of methoxy groups -OCH3 is 1. The average molecular weight is 550 g/mol. The molecule has 5 heteroatoms. The molecule has 5 rings (SSSR count). The largest absolute Gasteiger partial charge is 0.497 e. The Morgan fingerprint density at radius 1 is 0.750 bits per heavy atom. The smallest absolute Gasteiger partial charge is 0.119 e. The minimum Gasteiger partial charge on any atom is -0.497 e. The second-order valence-electron chi connectivity index (χ2n) is 10.0. The van der Waals surface area contributed by atoms with Gasteiger partial charge in [0.2, 0.25) is 0 Å². The number of hydrogen-bond acceptors (Lipinski definition) is 4. The maximum Gasteiger partial charge on any atom is 0.119 e. The van der Waals surface area contributed by atoms with Crippen LogP contribution in [0, 0.1) is 0 Å². The van der Waals surface area contributed by atoms with Crippen molar-refractivity contribution in [2.75, 3.05) is 46.4 Å². The summed E-state index contributed by atoms with van der Waals surface area (Å²) in [4.78, 5) is 5.02. The number of rotatable bonds is 10. The lowest BCUT2D eigenvalue weighted by atomic mass is 9.94. The van der Waals surface area contributed by atoms with Crippen LogP contribution in [0.2, 0.25) is 0 Å². The van der Waals surface area contributed by atoms with Crippen molar-refractivity contribution < 1.29 is 9.47 Å². The first-order chi connectivity index (χ1) is 17.7. The molecule has 0 N–H and O–H groups in total. The minimum absolute atomic E-state index is 0.742. The number of halogens is 1. The highest BCUT2D eigenvalue weighted by Gasteiger charge is 2.15. The summed E-state index contributed by atoms with van der Waals surface area (Å²) >= 11 is 3.84. The van der Waals surface area contributed by atoms with Gasteiger partial charge in [-0.1, -0.05) is 46.3 Å². The number of benzene rings is 3. The third-order valence-electron chi connectivity index (χ3n) is 7.46. The fourth-order valence-electron chi connectivity index (χ4n) is 5.37. The zero-order valence-corrected chi connectivity index (χ0v) is 22.9. The molecule has 190 valence electrons. The molecule has 2 heterocycles. The summed E-state index contributed by atoms with van der Waals surface area (Å²) in [5, 5.41) is 0. The molecule has 0 atom stereocenters. The minimum atomic E-state index is 0.742. The average Bonchev–Trinajstić information content (AvgIpc) is 3.61. The van der Waals surface area contributed by atoms with E-state index >= 15 is 0 Å². The third-order valence-corrected chi connectivity index (χ3v) is 8.20. The van der Waals surface area contributed by atoms with Crippen LogP contribution in [0.4, 0.5) is 0 Å². The van der Waals surface area contributed by atoms with Gasteiger partial charge in [0.05, 0.1) is 7.11 Å². The van der Waals surface area contributed by atoms with Crippen LogP contribution >= 0.6 is 15.9 Å². The van der Waals surface area contributed by atoms with Gasteiger partial charge in [0.25, 0.3) is 0 Å². The standard InChI is InChI=1S/C31H37BrN2O2/c1-35-29-13-10-26(20-24-6-7-27(31(32)21-24)23-34-16-4-5-17-34)30(22-29)25-8-11-28(12-9-25)36-19-18-33-14-2-3-15-33/h6-13,21-22H,2-5,14-20,23H2,1H3. The van der Waals surface area contributed by atoms with Crippen LogP contribution in [-0.2, 0) is 13.0 Å². The van der Waals surface area contributed by atoms with Gasteiger partial charge in [0.15, 0.2) is 0 Å². The molecule has 0 unspecified atom stereocenters. The molecule has 4 nitrogen and oxygen atoms in total. The molecule has 3 aromatic rings. The van der Waals surface area contributed by atoms with Crippen molar-refractivity contribution >= 4 is 15.9 Å². The molecule has 0 aliphatic carbocycles. The number of hydrogen-bond donors (Lipinski definition) is 0. The van der Waals surface area contributed by atoms with Gasteiger partial charge in [-0.25, -0.2) is 0 Å². The summed E-state index contributed by atoms with van der Waals surface area (Å²) < 4.78 is 12.8. The van der Waals surface area contributed by atoms with Crippen molar-refractivity contribution in [3.8, 4) is 22.6 Å². The Kier molecular flexibility index (Phi) is 8.63. The summed E-state index contributed by atoms with van der Waals surface area (Å²) in [7, 11) is 1.73. The molecular weight excluding hydrogens is 512 g/mol. The zero-order valence-electron chi connectivity index (χ0n) is 21.3. The van der Waals surface area contributed by atoms with E-state index in [4.69, 9.17) is 9.47 Å². The normalized spacial score (nSPS) is 16.5. The zero-order chi connectivity index (χ0) is 24.7. The first-order valence-corrected chi connectivity index (χ1v) is 14.1. The summed E-state index contributed by atoms with van der Waals surface area (Å²) in [6.07, 6.45) is 6.15. The van der Waals surface area contributed by atoms with Crippen LogP contribution < -0.4 is 9.47 Å². The lowest BCUT2D eigenvalue weighted by Gasteiger charge is -2.17. The van der Waals surface area contributed by atoms with E-state index in [9.17, 15) is 0 Å². The van der Waals surface area contributed by atoms with Gasteiger partial charge < -0.3 is 9.47 Å². The highest BCUT2D eigenvalue weighted by atomic mass is 79.9. The van der Waals surface area contributed by atoms with Gasteiger partial charge in [-0.15, -0.1) is 0 Å². The SMILES string of the molecule is COc1ccc(Cc2ccc(CN3CCCC3)c(Br)c2)c(-c2ccc(OCCN3CCCC3)cc2)c1. The van der Waals surface area contributed by atoms with Crippen LogP contribution in [0.1, 0.15) is 42.4 Å². The molecule has 0 aromatic heterocycles. The maximum atomic E-state index is 6.03. The summed E-state index contributed by atoms with van der Waals surface area (Å²) in [6, 6.07) is 21.8. The van der Waals surface area contributed by atoms with Crippen LogP contribution in [0.3, 0.4) is 0 Å². The number of nitrogens with zero attached hydrogens (tertiary/aromatic N) is 2. The van der Waals surface area contributed by atoms with E-state index in [0.717, 1.165) is 37.6 Å². The van der Waals surface area contributed by atoms with E-state index in [0.29, 0.717) is 0 Å². The Hall–Kier alpha value is -2.34. The number of ether oxygens (including phenoxy) is 2. The van der Waals surface area contributed by atoms with E-state index in [-0.39, 0.29) is 0 Å². The molecular formula is C31H37BrN2O2. The predicted molar refractivity (Wildman–Crippen MR) is 151 cm³/mol. The molecule has 0 bridgehead atoms. The highest BCUT2D eigenvalue weighted by molar-refractivity contribution is 9.10. The van der Waals surface area contributed by atoms with Crippen molar-refractivity contribution in [2.45, 2.75) is 38.6 Å². The van der Waals surface area contributed by atoms with Crippen molar-refractivity contribution in [2.24, 2.45) is 0 Å². The third kappa shape index (κ3) is 6.50. The molecule has 2 fully saturated rings. The van der Waals surface area contributed by atoms with Gasteiger partial charge in [-0.05, 0) is 116 Å². The molecule has 0 radical (unpaired) electrons. The lowest BCUT2D eigenvalue weighted by molar-refractivity contribution is 0.238. The molecule has 0 amide bonds. The fraction of sp³-hybridized carbons (Fsp3) is 0.419. The Morgan fingerprint density at radius 3 is 2.11 bits per heavy atom. The van der Waals surface area contributed by atoms with Gasteiger partial charge >= 0.3 is 0 Å². The molecule has 2 aliphatic rings. The highest BCUT2D eigenvalue weighted by Crippen LogP contribution is 2.32. The van der Waals surface area contributed by atoms with Gasteiger partial charge in [0.1, 0.15) is 18.1 Å². The number of likely N-dealkylation sites (tertiary alicyclic amines) is 2. The monoisotopic (exact) mass is 548 g/mol. The Morgan fingerprint density at radius 2 is 1.42 bits per heavy atom. The summed E-state index contributed by atoms with van der Waals surface area (Å²) in [5.74, 6) is 1.81. The summed E-state index contributed by atoms with van der Waals surface area (Å²) in [6.45, 7) is 7.62. The van der Waals surface area contributed by atoms with Gasteiger partial charge in [-0.3, -0.25) is 9.80 Å². The molecule has 3 aromatic carbocycles. The molecule has 2 saturated heterocycles. The van der Waals surface area contributed by atoms with Crippen LogP contribution in [0.5, 0.6) is 11.5 Å². The van der Waals surface area contributed by atoms with E-state index in [1.807, 2.05) is 0 Å². The molecule has 2 aliphatic heterocycles. The Balaban J connectivity index is 1.29. The Bertz CT molecular complexity index is 1140. The van der Waals surface area contributed by atoms with Crippen molar-refractivity contribution in [3.05, 3.63) is 81.8 Å². The fourth-order valence-corrected chi connectivity index (χ4v) is 5.92. The summed E-state index contributed by atoms with van der Waals surface area (Å²) in [5.41, 5.74) is 6.35. The molecule has 0 spiro atoms. The second kappa shape index (κ2) is 12.3. The first-order valence-electron chi connectivity index (χ1n) is 13.3. The second-order valence-corrected chi connectivity index (χ2v) is 10.9. The van der Waals surface area contributed by atoms with E-state index in [1.165, 1.54) is 84.2 Å². The van der Waals surface area contributed by atoms with E-state index in [1.54, 1.807) is 7.11 Å². The van der Waals surface area contributed by atoms with Crippen LogP contribution in [0.15, 0.2) is 65.1 Å². The molecule has 0 saturated carbocycles. The lowest BCUT2D eigenvalue weighted by Crippen LogP contribution is -2.25. The van der Waals surface area contributed by atoms with Crippen molar-refractivity contribution in [3.63, 3.8) is 0 Å². The predicted octanol–water partition coefficient (Wildman–Crippen LogP) is 6.79. The first kappa shape index (κ1) is 25.3. The van der Waals surface area contributed by atoms with E-state index in [2.05, 4.69) is 86.4 Å².